The lowest BCUT2D eigenvalue weighted by molar-refractivity contribution is 0.0304. The summed E-state index contributed by atoms with van der Waals surface area (Å²) < 4.78 is 31.2. The highest BCUT2D eigenvalue weighted by Gasteiger charge is 2.23. The number of sulfonamides is 1. The van der Waals surface area contributed by atoms with Crippen LogP contribution in [0.15, 0.2) is 30.3 Å². The molecular formula is C13H17NO4S. The second-order valence-corrected chi connectivity index (χ2v) is 6.33. The molecular weight excluding hydrogens is 266 g/mol. The molecule has 0 bridgehead atoms. The summed E-state index contributed by atoms with van der Waals surface area (Å²) in [7, 11) is -3.65. The van der Waals surface area contributed by atoms with Gasteiger partial charge in [0, 0.05) is 12.2 Å². The van der Waals surface area contributed by atoms with Crippen LogP contribution in [0.25, 0.3) is 0 Å². The highest BCUT2D eigenvalue weighted by molar-refractivity contribution is 7.90. The monoisotopic (exact) mass is 283 g/mol. The highest BCUT2D eigenvalue weighted by atomic mass is 32.2. The minimum absolute atomic E-state index is 0.161. The molecule has 1 amide bonds. The number of nitrogens with one attached hydrogen (secondary N) is 1. The third-order valence-electron chi connectivity index (χ3n) is 2.96. The summed E-state index contributed by atoms with van der Waals surface area (Å²) >= 11 is 0. The van der Waals surface area contributed by atoms with Crippen LogP contribution < -0.4 is 4.72 Å². The Labute approximate surface area is 113 Å². The van der Waals surface area contributed by atoms with Crippen molar-refractivity contribution in [3.63, 3.8) is 0 Å². The molecule has 19 heavy (non-hydrogen) atoms. The molecule has 1 aromatic rings. The van der Waals surface area contributed by atoms with E-state index in [1.54, 1.807) is 30.3 Å². The SMILES string of the molecule is O=C(NS(=O)(=O)C[C@@H]1CCCCO1)c1ccccc1. The summed E-state index contributed by atoms with van der Waals surface area (Å²) in [6.07, 6.45) is 2.34. The summed E-state index contributed by atoms with van der Waals surface area (Å²) in [4.78, 5) is 11.8. The first-order valence-electron chi connectivity index (χ1n) is 6.28. The van der Waals surface area contributed by atoms with Gasteiger partial charge in [-0.25, -0.2) is 13.1 Å². The van der Waals surface area contributed by atoms with Crippen LogP contribution in [-0.2, 0) is 14.8 Å². The van der Waals surface area contributed by atoms with E-state index < -0.39 is 15.9 Å². The molecule has 0 radical (unpaired) electrons. The predicted octanol–water partition coefficient (Wildman–Crippen LogP) is 1.32. The highest BCUT2D eigenvalue weighted by Crippen LogP contribution is 2.14. The summed E-state index contributed by atoms with van der Waals surface area (Å²) in [6.45, 7) is 0.590. The van der Waals surface area contributed by atoms with Gasteiger partial charge in [-0.2, -0.15) is 0 Å². The van der Waals surface area contributed by atoms with E-state index >= 15 is 0 Å². The molecule has 2 rings (SSSR count). The largest absolute Gasteiger partial charge is 0.377 e. The Hall–Kier alpha value is -1.40. The zero-order valence-electron chi connectivity index (χ0n) is 10.5. The van der Waals surface area contributed by atoms with E-state index in [0.29, 0.717) is 12.2 Å². The van der Waals surface area contributed by atoms with Crippen molar-refractivity contribution in [1.82, 2.24) is 4.72 Å². The Kier molecular flexibility index (Phi) is 4.55. The first-order chi connectivity index (χ1) is 9.07. The lowest BCUT2D eigenvalue weighted by atomic mass is 10.1. The molecule has 6 heteroatoms. The third-order valence-corrected chi connectivity index (χ3v) is 4.27. The lowest BCUT2D eigenvalue weighted by Gasteiger charge is -2.22. The van der Waals surface area contributed by atoms with Crippen LogP contribution in [0.2, 0.25) is 0 Å². The van der Waals surface area contributed by atoms with E-state index in [2.05, 4.69) is 4.72 Å². The van der Waals surface area contributed by atoms with Gasteiger partial charge in [0.25, 0.3) is 5.91 Å². The van der Waals surface area contributed by atoms with Crippen molar-refractivity contribution in [3.8, 4) is 0 Å². The molecule has 1 atom stereocenters. The van der Waals surface area contributed by atoms with E-state index in [1.165, 1.54) is 0 Å². The zero-order valence-corrected chi connectivity index (χ0v) is 11.4. The first-order valence-corrected chi connectivity index (χ1v) is 7.93. The first kappa shape index (κ1) is 14.0. The predicted molar refractivity (Wildman–Crippen MR) is 71.3 cm³/mol. The topological polar surface area (TPSA) is 72.5 Å². The number of ether oxygens (including phenoxy) is 1. The number of benzene rings is 1. The Bertz CT molecular complexity index is 521. The second-order valence-electron chi connectivity index (χ2n) is 4.57. The standard InChI is InChI=1S/C13H17NO4S/c15-13(11-6-2-1-3-7-11)14-19(16,17)10-12-8-4-5-9-18-12/h1-3,6-7,12H,4-5,8-10H2,(H,14,15)/t12-/m0/s1. The third kappa shape index (κ3) is 4.33. The number of rotatable bonds is 4. The average Bonchev–Trinajstić information content (AvgIpc) is 2.39. The van der Waals surface area contributed by atoms with Crippen molar-refractivity contribution < 1.29 is 17.9 Å². The smallest absolute Gasteiger partial charge is 0.264 e. The number of hydrogen-bond donors (Lipinski definition) is 1. The Balaban J connectivity index is 1.95. The van der Waals surface area contributed by atoms with E-state index in [1.807, 2.05) is 0 Å². The van der Waals surface area contributed by atoms with Gasteiger partial charge in [-0.3, -0.25) is 4.79 Å². The van der Waals surface area contributed by atoms with Crippen LogP contribution in [0, 0.1) is 0 Å². The lowest BCUT2D eigenvalue weighted by Crippen LogP contribution is -2.38. The van der Waals surface area contributed by atoms with Crippen molar-refractivity contribution in [1.29, 1.82) is 0 Å². The molecule has 0 spiro atoms. The maximum atomic E-state index is 11.9. The molecule has 5 nitrogen and oxygen atoms in total. The molecule has 1 aromatic carbocycles. The van der Waals surface area contributed by atoms with Crippen molar-refractivity contribution in [2.75, 3.05) is 12.4 Å². The molecule has 0 unspecified atom stereocenters. The Morgan fingerprint density at radius 3 is 2.63 bits per heavy atom. The molecule has 1 saturated heterocycles. The minimum atomic E-state index is -3.65. The minimum Gasteiger partial charge on any atom is -0.377 e. The van der Waals surface area contributed by atoms with Gasteiger partial charge in [-0.1, -0.05) is 18.2 Å². The Morgan fingerprint density at radius 2 is 2.00 bits per heavy atom. The average molecular weight is 283 g/mol. The van der Waals surface area contributed by atoms with Gasteiger partial charge in [0.15, 0.2) is 0 Å². The fourth-order valence-electron chi connectivity index (χ4n) is 2.01. The van der Waals surface area contributed by atoms with Gasteiger partial charge < -0.3 is 4.74 Å². The quantitative estimate of drug-likeness (QED) is 0.904. The second kappa shape index (κ2) is 6.16. The molecule has 1 fully saturated rings. The summed E-state index contributed by atoms with van der Waals surface area (Å²) in [5, 5.41) is 0. The molecule has 0 aliphatic carbocycles. The summed E-state index contributed by atoms with van der Waals surface area (Å²) in [5.74, 6) is -0.762. The van der Waals surface area contributed by atoms with Gasteiger partial charge in [-0.05, 0) is 31.4 Å². The molecule has 1 heterocycles. The van der Waals surface area contributed by atoms with Gasteiger partial charge in [0.2, 0.25) is 10.0 Å². The van der Waals surface area contributed by atoms with Gasteiger partial charge in [0.05, 0.1) is 11.9 Å². The van der Waals surface area contributed by atoms with Crippen molar-refractivity contribution in [2.24, 2.45) is 0 Å². The van der Waals surface area contributed by atoms with Crippen molar-refractivity contribution >= 4 is 15.9 Å². The zero-order chi connectivity index (χ0) is 13.7. The Morgan fingerprint density at radius 1 is 1.26 bits per heavy atom. The van der Waals surface area contributed by atoms with E-state index in [0.717, 1.165) is 19.3 Å². The summed E-state index contributed by atoms with van der Waals surface area (Å²) in [5.41, 5.74) is 0.329. The van der Waals surface area contributed by atoms with Crippen LogP contribution in [-0.4, -0.2) is 32.8 Å². The van der Waals surface area contributed by atoms with E-state index in [9.17, 15) is 13.2 Å². The maximum Gasteiger partial charge on any atom is 0.264 e. The molecule has 0 saturated carbocycles. The van der Waals surface area contributed by atoms with Crippen LogP contribution in [0.3, 0.4) is 0 Å². The van der Waals surface area contributed by atoms with Gasteiger partial charge >= 0.3 is 0 Å². The fraction of sp³-hybridized carbons (Fsp3) is 0.462. The van der Waals surface area contributed by atoms with Gasteiger partial charge in [0.1, 0.15) is 0 Å². The molecule has 1 aliphatic heterocycles. The van der Waals surface area contributed by atoms with Gasteiger partial charge in [-0.15, -0.1) is 0 Å². The number of hydrogen-bond acceptors (Lipinski definition) is 4. The number of amides is 1. The molecule has 1 N–H and O–H groups in total. The normalized spacial score (nSPS) is 19.9. The molecule has 1 aliphatic rings. The van der Waals surface area contributed by atoms with E-state index in [-0.39, 0.29) is 11.9 Å². The number of carbonyl (C=O) groups is 1. The molecule has 0 aromatic heterocycles. The van der Waals surface area contributed by atoms with Crippen LogP contribution in [0.5, 0.6) is 0 Å². The van der Waals surface area contributed by atoms with E-state index in [4.69, 9.17) is 4.74 Å². The maximum absolute atomic E-state index is 11.9. The van der Waals surface area contributed by atoms with Crippen LogP contribution >= 0.6 is 0 Å². The summed E-state index contributed by atoms with van der Waals surface area (Å²) in [6, 6.07) is 8.28. The van der Waals surface area contributed by atoms with Crippen molar-refractivity contribution in [2.45, 2.75) is 25.4 Å². The van der Waals surface area contributed by atoms with Crippen molar-refractivity contribution in [3.05, 3.63) is 35.9 Å². The number of carbonyl (C=O) groups excluding carboxylic acids is 1. The fourth-order valence-corrected chi connectivity index (χ4v) is 3.25. The van der Waals surface area contributed by atoms with Crippen LogP contribution in [0.1, 0.15) is 29.6 Å². The van der Waals surface area contributed by atoms with Crippen LogP contribution in [0.4, 0.5) is 0 Å². The molecule has 104 valence electrons.